The van der Waals surface area contributed by atoms with Crippen molar-refractivity contribution in [3.8, 4) is 0 Å². The van der Waals surface area contributed by atoms with Crippen LogP contribution in [0.1, 0.15) is 32.8 Å². The molecule has 15 heavy (non-hydrogen) atoms. The summed E-state index contributed by atoms with van der Waals surface area (Å²) in [5.74, 6) is 0. The number of anilines is 1. The van der Waals surface area contributed by atoms with Crippen molar-refractivity contribution in [2.24, 2.45) is 5.73 Å². The fourth-order valence-electron chi connectivity index (χ4n) is 1.83. The van der Waals surface area contributed by atoms with Crippen LogP contribution in [0.3, 0.4) is 0 Å². The number of nitrogens with zero attached hydrogens (tertiary/aromatic N) is 1. The summed E-state index contributed by atoms with van der Waals surface area (Å²) < 4.78 is 0. The zero-order valence-electron chi connectivity index (χ0n) is 10.0. The normalized spacial score (nSPS) is 12.5. The van der Waals surface area contributed by atoms with E-state index in [4.69, 9.17) is 5.73 Å². The minimum absolute atomic E-state index is 0.586. The molecule has 2 N–H and O–H groups in total. The van der Waals surface area contributed by atoms with Crippen LogP contribution in [0.5, 0.6) is 0 Å². The lowest BCUT2D eigenvalue weighted by Gasteiger charge is -2.29. The van der Waals surface area contributed by atoms with Gasteiger partial charge >= 0.3 is 0 Å². The highest BCUT2D eigenvalue weighted by Crippen LogP contribution is 2.19. The summed E-state index contributed by atoms with van der Waals surface area (Å²) in [6, 6.07) is 9.10. The molecule has 0 spiro atoms. The van der Waals surface area contributed by atoms with Gasteiger partial charge < -0.3 is 10.6 Å². The highest BCUT2D eigenvalue weighted by Gasteiger charge is 2.10. The highest BCUT2D eigenvalue weighted by atomic mass is 15.1. The summed E-state index contributed by atoms with van der Waals surface area (Å²) in [4.78, 5) is 2.42. The third kappa shape index (κ3) is 2.96. The number of hydrogen-bond acceptors (Lipinski definition) is 2. The third-order valence-corrected chi connectivity index (χ3v) is 2.94. The Labute approximate surface area is 93.1 Å². The van der Waals surface area contributed by atoms with Crippen LogP contribution in [0.2, 0.25) is 0 Å². The molecule has 0 saturated heterocycles. The number of rotatable bonds is 5. The van der Waals surface area contributed by atoms with Crippen LogP contribution in [0.4, 0.5) is 5.69 Å². The standard InChI is InChI=1S/C13H22N2/c1-4-11(3)15(5-2)13-8-6-7-12(9-13)10-14/h6-9,11H,4-5,10,14H2,1-3H3. The minimum atomic E-state index is 0.586. The topological polar surface area (TPSA) is 29.3 Å². The first-order valence-corrected chi connectivity index (χ1v) is 5.78. The maximum Gasteiger partial charge on any atom is 0.0371 e. The van der Waals surface area contributed by atoms with E-state index >= 15 is 0 Å². The Morgan fingerprint density at radius 3 is 2.60 bits per heavy atom. The fourth-order valence-corrected chi connectivity index (χ4v) is 1.83. The van der Waals surface area contributed by atoms with Crippen molar-refractivity contribution < 1.29 is 0 Å². The highest BCUT2D eigenvalue weighted by molar-refractivity contribution is 5.49. The van der Waals surface area contributed by atoms with Crippen molar-refractivity contribution in [1.82, 2.24) is 0 Å². The quantitative estimate of drug-likeness (QED) is 0.802. The van der Waals surface area contributed by atoms with Crippen LogP contribution in [0.15, 0.2) is 24.3 Å². The van der Waals surface area contributed by atoms with Gasteiger partial charge in [-0.1, -0.05) is 19.1 Å². The van der Waals surface area contributed by atoms with Gasteiger partial charge in [0.25, 0.3) is 0 Å². The predicted molar refractivity (Wildman–Crippen MR) is 67.1 cm³/mol. The molecule has 84 valence electrons. The first-order chi connectivity index (χ1) is 7.22. The van der Waals surface area contributed by atoms with Crippen molar-refractivity contribution in [2.75, 3.05) is 11.4 Å². The molecule has 0 saturated carbocycles. The maximum atomic E-state index is 5.65. The van der Waals surface area contributed by atoms with E-state index in [0.717, 1.165) is 6.54 Å². The first-order valence-electron chi connectivity index (χ1n) is 5.78. The molecule has 1 unspecified atom stereocenters. The molecule has 0 aliphatic heterocycles. The molecule has 1 atom stereocenters. The van der Waals surface area contributed by atoms with Crippen molar-refractivity contribution in [3.05, 3.63) is 29.8 Å². The van der Waals surface area contributed by atoms with Gasteiger partial charge in [-0.15, -0.1) is 0 Å². The molecule has 0 heterocycles. The monoisotopic (exact) mass is 206 g/mol. The molecule has 0 amide bonds. The molecule has 2 heteroatoms. The van der Waals surface area contributed by atoms with Gasteiger partial charge in [0.15, 0.2) is 0 Å². The number of hydrogen-bond donors (Lipinski definition) is 1. The van der Waals surface area contributed by atoms with Crippen molar-refractivity contribution >= 4 is 5.69 Å². The lowest BCUT2D eigenvalue weighted by Crippen LogP contribution is -2.32. The van der Waals surface area contributed by atoms with Gasteiger partial charge in [-0.05, 0) is 38.0 Å². The Hall–Kier alpha value is -1.02. The Balaban J connectivity index is 2.91. The molecule has 1 rings (SSSR count). The molecule has 0 bridgehead atoms. The van der Waals surface area contributed by atoms with Gasteiger partial charge in [0.2, 0.25) is 0 Å². The van der Waals surface area contributed by atoms with Crippen LogP contribution < -0.4 is 10.6 Å². The van der Waals surface area contributed by atoms with Gasteiger partial charge in [0.05, 0.1) is 0 Å². The molecule has 1 aromatic rings. The maximum absolute atomic E-state index is 5.65. The van der Waals surface area contributed by atoms with Gasteiger partial charge in [-0.3, -0.25) is 0 Å². The van der Waals surface area contributed by atoms with Gasteiger partial charge in [-0.2, -0.15) is 0 Å². The van der Waals surface area contributed by atoms with E-state index in [9.17, 15) is 0 Å². The SMILES string of the molecule is CCC(C)N(CC)c1cccc(CN)c1. The predicted octanol–water partition coefficient (Wildman–Crippen LogP) is 2.77. The summed E-state index contributed by atoms with van der Waals surface area (Å²) in [5, 5.41) is 0. The van der Waals surface area contributed by atoms with Crippen molar-refractivity contribution in [3.63, 3.8) is 0 Å². The van der Waals surface area contributed by atoms with E-state index in [0.29, 0.717) is 12.6 Å². The van der Waals surface area contributed by atoms with E-state index in [2.05, 4.69) is 49.9 Å². The fraction of sp³-hybridized carbons (Fsp3) is 0.538. The lowest BCUT2D eigenvalue weighted by atomic mass is 10.1. The van der Waals surface area contributed by atoms with Crippen LogP contribution >= 0.6 is 0 Å². The molecular weight excluding hydrogens is 184 g/mol. The second kappa shape index (κ2) is 5.76. The lowest BCUT2D eigenvalue weighted by molar-refractivity contribution is 0.630. The van der Waals surface area contributed by atoms with E-state index in [1.165, 1.54) is 17.7 Å². The van der Waals surface area contributed by atoms with Gasteiger partial charge in [0, 0.05) is 24.8 Å². The third-order valence-electron chi connectivity index (χ3n) is 2.94. The summed E-state index contributed by atoms with van der Waals surface area (Å²) >= 11 is 0. The van der Waals surface area contributed by atoms with Crippen LogP contribution in [0.25, 0.3) is 0 Å². The second-order valence-electron chi connectivity index (χ2n) is 3.92. The Kier molecular flexibility index (Phi) is 4.63. The molecule has 2 nitrogen and oxygen atoms in total. The summed E-state index contributed by atoms with van der Waals surface area (Å²) in [5.41, 5.74) is 8.14. The molecule has 0 fully saturated rings. The van der Waals surface area contributed by atoms with Gasteiger partial charge in [0.1, 0.15) is 0 Å². The van der Waals surface area contributed by atoms with Crippen molar-refractivity contribution in [1.29, 1.82) is 0 Å². The van der Waals surface area contributed by atoms with E-state index in [1.807, 2.05) is 0 Å². The minimum Gasteiger partial charge on any atom is -0.369 e. The summed E-state index contributed by atoms with van der Waals surface area (Å²) in [6.07, 6.45) is 1.17. The molecule has 0 aromatic heterocycles. The van der Waals surface area contributed by atoms with Crippen LogP contribution in [-0.4, -0.2) is 12.6 Å². The molecule has 0 radical (unpaired) electrons. The molecule has 1 aromatic carbocycles. The average molecular weight is 206 g/mol. The van der Waals surface area contributed by atoms with E-state index < -0.39 is 0 Å². The smallest absolute Gasteiger partial charge is 0.0371 e. The summed E-state index contributed by atoms with van der Waals surface area (Å²) in [7, 11) is 0. The number of benzene rings is 1. The molecule has 0 aliphatic rings. The second-order valence-corrected chi connectivity index (χ2v) is 3.92. The van der Waals surface area contributed by atoms with Gasteiger partial charge in [-0.25, -0.2) is 0 Å². The van der Waals surface area contributed by atoms with Crippen LogP contribution in [0, 0.1) is 0 Å². The van der Waals surface area contributed by atoms with Crippen molar-refractivity contribution in [2.45, 2.75) is 39.8 Å². The Bertz CT molecular complexity index is 296. The Morgan fingerprint density at radius 2 is 2.07 bits per heavy atom. The zero-order valence-corrected chi connectivity index (χ0v) is 10.0. The molecular formula is C13H22N2. The average Bonchev–Trinajstić information content (AvgIpc) is 2.30. The summed E-state index contributed by atoms with van der Waals surface area (Å²) in [6.45, 7) is 8.34. The molecule has 0 aliphatic carbocycles. The van der Waals surface area contributed by atoms with E-state index in [1.54, 1.807) is 0 Å². The Morgan fingerprint density at radius 1 is 1.33 bits per heavy atom. The number of nitrogens with two attached hydrogens (primary N) is 1. The van der Waals surface area contributed by atoms with Crippen LogP contribution in [-0.2, 0) is 6.54 Å². The van der Waals surface area contributed by atoms with E-state index in [-0.39, 0.29) is 0 Å². The first kappa shape index (κ1) is 12.1. The largest absolute Gasteiger partial charge is 0.369 e. The zero-order chi connectivity index (χ0) is 11.3.